The van der Waals surface area contributed by atoms with Crippen molar-refractivity contribution in [1.29, 1.82) is 0 Å². The third kappa shape index (κ3) is 6.43. The smallest absolute Gasteiger partial charge is 0.0721 e. The number of aliphatic hydroxyl groups excluding tert-OH is 1. The van der Waals surface area contributed by atoms with E-state index in [-0.39, 0.29) is 6.10 Å². The zero-order valence-corrected chi connectivity index (χ0v) is 14.0. The Bertz CT molecular complexity index is 258. The van der Waals surface area contributed by atoms with Crippen molar-refractivity contribution in [3.05, 3.63) is 12.2 Å². The van der Waals surface area contributed by atoms with E-state index in [0.29, 0.717) is 5.92 Å². The summed E-state index contributed by atoms with van der Waals surface area (Å²) in [5.41, 5.74) is 0. The minimum Gasteiger partial charge on any atom is -0.389 e. The van der Waals surface area contributed by atoms with E-state index < -0.39 is 0 Å². The molecule has 0 heterocycles. The van der Waals surface area contributed by atoms with Crippen molar-refractivity contribution in [3.8, 4) is 0 Å². The first-order chi connectivity index (χ1) is 9.69. The second kappa shape index (κ2) is 10.4. The largest absolute Gasteiger partial charge is 0.389 e. The maximum atomic E-state index is 10.0. The molecule has 0 aliphatic heterocycles. The Kier molecular flexibility index (Phi) is 9.26. The van der Waals surface area contributed by atoms with Crippen molar-refractivity contribution in [2.75, 3.05) is 0 Å². The molecule has 0 spiro atoms. The summed E-state index contributed by atoms with van der Waals surface area (Å²) in [5, 5.41) is 10.0. The van der Waals surface area contributed by atoms with E-state index in [1.807, 2.05) is 0 Å². The van der Waals surface area contributed by atoms with Crippen LogP contribution in [0.15, 0.2) is 12.2 Å². The van der Waals surface area contributed by atoms with Crippen molar-refractivity contribution in [2.24, 2.45) is 17.8 Å². The lowest BCUT2D eigenvalue weighted by Gasteiger charge is -2.20. The molecule has 1 N–H and O–H groups in total. The van der Waals surface area contributed by atoms with E-state index in [2.05, 4.69) is 32.9 Å². The molecule has 3 unspecified atom stereocenters. The highest BCUT2D eigenvalue weighted by Gasteiger charge is 2.30. The SMILES string of the molecule is CCCCCC1CCC(C)C1/C=C/[C@@H](O)CCCCC. The number of allylic oxidation sites excluding steroid dienone is 1. The average Bonchev–Trinajstić information content (AvgIpc) is 2.78. The van der Waals surface area contributed by atoms with Crippen molar-refractivity contribution in [3.63, 3.8) is 0 Å². The molecule has 0 saturated heterocycles. The molecule has 0 aromatic rings. The minimum atomic E-state index is -0.217. The first-order valence-electron chi connectivity index (χ1n) is 9.05. The molecule has 0 aromatic heterocycles. The maximum Gasteiger partial charge on any atom is 0.0721 e. The molecule has 1 rings (SSSR count). The molecule has 1 aliphatic rings. The van der Waals surface area contributed by atoms with Gasteiger partial charge in [-0.3, -0.25) is 0 Å². The minimum absolute atomic E-state index is 0.217. The van der Waals surface area contributed by atoms with Gasteiger partial charge < -0.3 is 5.11 Å². The summed E-state index contributed by atoms with van der Waals surface area (Å²) < 4.78 is 0. The van der Waals surface area contributed by atoms with Crippen LogP contribution in [0.2, 0.25) is 0 Å². The third-order valence-corrected chi connectivity index (χ3v) is 5.03. The second-order valence-corrected chi connectivity index (χ2v) is 6.84. The molecule has 0 aromatic carbocycles. The van der Waals surface area contributed by atoms with Gasteiger partial charge in [-0.1, -0.05) is 71.4 Å². The van der Waals surface area contributed by atoms with Crippen LogP contribution >= 0.6 is 0 Å². The first-order valence-corrected chi connectivity index (χ1v) is 9.05. The molecule has 0 amide bonds. The van der Waals surface area contributed by atoms with E-state index in [4.69, 9.17) is 0 Å². The number of rotatable bonds is 10. The molecule has 1 fully saturated rings. The summed E-state index contributed by atoms with van der Waals surface area (Å²) in [6.07, 6.45) is 17.0. The Labute approximate surface area is 126 Å². The lowest BCUT2D eigenvalue weighted by atomic mass is 9.86. The maximum absolute atomic E-state index is 10.0. The lowest BCUT2D eigenvalue weighted by Crippen LogP contribution is -2.12. The van der Waals surface area contributed by atoms with Crippen molar-refractivity contribution in [1.82, 2.24) is 0 Å². The van der Waals surface area contributed by atoms with E-state index >= 15 is 0 Å². The third-order valence-electron chi connectivity index (χ3n) is 5.03. The van der Waals surface area contributed by atoms with Gasteiger partial charge in [-0.15, -0.1) is 0 Å². The van der Waals surface area contributed by atoms with Crippen LogP contribution in [0.25, 0.3) is 0 Å². The van der Waals surface area contributed by atoms with Gasteiger partial charge in [0.25, 0.3) is 0 Å². The molecule has 0 radical (unpaired) electrons. The molecular weight excluding hydrogens is 244 g/mol. The Morgan fingerprint density at radius 1 is 1.05 bits per heavy atom. The highest BCUT2D eigenvalue weighted by atomic mass is 16.3. The number of hydrogen-bond donors (Lipinski definition) is 1. The van der Waals surface area contributed by atoms with Crippen LogP contribution in [-0.4, -0.2) is 11.2 Å². The quantitative estimate of drug-likeness (QED) is 0.400. The van der Waals surface area contributed by atoms with Gasteiger partial charge in [-0.2, -0.15) is 0 Å². The Morgan fingerprint density at radius 3 is 2.45 bits per heavy atom. The number of aliphatic hydroxyl groups is 1. The molecule has 118 valence electrons. The molecule has 4 atom stereocenters. The monoisotopic (exact) mass is 280 g/mol. The summed E-state index contributed by atoms with van der Waals surface area (Å²) in [7, 11) is 0. The summed E-state index contributed by atoms with van der Waals surface area (Å²) in [5.74, 6) is 2.39. The van der Waals surface area contributed by atoms with Crippen LogP contribution in [0.4, 0.5) is 0 Å². The molecule has 0 bridgehead atoms. The Hall–Kier alpha value is -0.300. The van der Waals surface area contributed by atoms with E-state index in [9.17, 15) is 5.11 Å². The summed E-state index contributed by atoms with van der Waals surface area (Å²) >= 11 is 0. The first kappa shape index (κ1) is 17.8. The highest BCUT2D eigenvalue weighted by Crippen LogP contribution is 2.40. The Balaban J connectivity index is 2.36. The average molecular weight is 280 g/mol. The van der Waals surface area contributed by atoms with Crippen LogP contribution in [0.3, 0.4) is 0 Å². The predicted molar refractivity (Wildman–Crippen MR) is 88.8 cm³/mol. The Morgan fingerprint density at radius 2 is 1.75 bits per heavy atom. The van der Waals surface area contributed by atoms with Crippen LogP contribution in [0.1, 0.15) is 85.0 Å². The van der Waals surface area contributed by atoms with Gasteiger partial charge in [0.15, 0.2) is 0 Å². The zero-order chi connectivity index (χ0) is 14.8. The summed E-state index contributed by atoms with van der Waals surface area (Å²) in [6, 6.07) is 0. The van der Waals surface area contributed by atoms with E-state index in [0.717, 1.165) is 24.7 Å². The van der Waals surface area contributed by atoms with Gasteiger partial charge in [0.1, 0.15) is 0 Å². The van der Waals surface area contributed by atoms with Gasteiger partial charge in [0.05, 0.1) is 6.10 Å². The van der Waals surface area contributed by atoms with Gasteiger partial charge in [-0.05, 0) is 43.4 Å². The fourth-order valence-electron chi connectivity index (χ4n) is 3.62. The standard InChI is InChI=1S/C19H36O/c1-4-6-8-10-17-13-12-16(3)19(17)15-14-18(20)11-9-7-5-2/h14-20H,4-13H2,1-3H3/b15-14+/t16?,17?,18-,19?/m0/s1. The van der Waals surface area contributed by atoms with Gasteiger partial charge in [0, 0.05) is 0 Å². The summed E-state index contributed by atoms with van der Waals surface area (Å²) in [4.78, 5) is 0. The molecule has 1 heteroatoms. The molecule has 1 aliphatic carbocycles. The molecular formula is C19H36O. The van der Waals surface area contributed by atoms with E-state index in [1.54, 1.807) is 0 Å². The lowest BCUT2D eigenvalue weighted by molar-refractivity contribution is 0.206. The number of unbranched alkanes of at least 4 members (excludes halogenated alkanes) is 4. The van der Waals surface area contributed by atoms with Crippen LogP contribution in [-0.2, 0) is 0 Å². The van der Waals surface area contributed by atoms with Crippen LogP contribution in [0.5, 0.6) is 0 Å². The van der Waals surface area contributed by atoms with Gasteiger partial charge in [-0.25, -0.2) is 0 Å². The fourth-order valence-corrected chi connectivity index (χ4v) is 3.62. The second-order valence-electron chi connectivity index (χ2n) is 6.84. The van der Waals surface area contributed by atoms with Crippen molar-refractivity contribution in [2.45, 2.75) is 91.1 Å². The topological polar surface area (TPSA) is 20.2 Å². The molecule has 20 heavy (non-hydrogen) atoms. The van der Waals surface area contributed by atoms with E-state index in [1.165, 1.54) is 51.4 Å². The normalized spacial score (nSPS) is 28.3. The van der Waals surface area contributed by atoms with Crippen LogP contribution in [0, 0.1) is 17.8 Å². The summed E-state index contributed by atoms with van der Waals surface area (Å²) in [6.45, 7) is 6.88. The highest BCUT2D eigenvalue weighted by molar-refractivity contribution is 5.00. The van der Waals surface area contributed by atoms with Crippen molar-refractivity contribution < 1.29 is 5.11 Å². The zero-order valence-electron chi connectivity index (χ0n) is 14.0. The molecule has 1 saturated carbocycles. The number of hydrogen-bond acceptors (Lipinski definition) is 1. The fraction of sp³-hybridized carbons (Fsp3) is 0.895. The van der Waals surface area contributed by atoms with Gasteiger partial charge >= 0.3 is 0 Å². The van der Waals surface area contributed by atoms with Gasteiger partial charge in [0.2, 0.25) is 0 Å². The molecule has 1 nitrogen and oxygen atoms in total. The predicted octanol–water partition coefficient (Wildman–Crippen LogP) is 5.73. The van der Waals surface area contributed by atoms with Crippen LogP contribution < -0.4 is 0 Å². The van der Waals surface area contributed by atoms with Crippen molar-refractivity contribution >= 4 is 0 Å².